The Labute approximate surface area is 123 Å². The van der Waals surface area contributed by atoms with E-state index in [1.165, 1.54) is 23.6 Å². The van der Waals surface area contributed by atoms with Gasteiger partial charge in [-0.3, -0.25) is 4.79 Å². The standard InChI is InChI=1S/C15H12F3NO3/c1-8-7-12(20)13(14(21)22)9(2)19(8)11-5-3-10(4-6-11)15(16,17)18/h3-7H,1-2H3,(H,21,22). The van der Waals surface area contributed by atoms with Gasteiger partial charge in [0.2, 0.25) is 0 Å². The summed E-state index contributed by atoms with van der Waals surface area (Å²) in [5, 5.41) is 9.10. The molecule has 7 heteroatoms. The van der Waals surface area contributed by atoms with Crippen molar-refractivity contribution < 1.29 is 23.1 Å². The maximum Gasteiger partial charge on any atom is 0.416 e. The van der Waals surface area contributed by atoms with Crippen LogP contribution in [0.25, 0.3) is 5.69 Å². The molecule has 0 aliphatic rings. The highest BCUT2D eigenvalue weighted by Gasteiger charge is 2.30. The number of hydrogen-bond acceptors (Lipinski definition) is 2. The molecule has 0 amide bonds. The molecule has 1 aromatic heterocycles. The molecule has 116 valence electrons. The van der Waals surface area contributed by atoms with Crippen molar-refractivity contribution in [1.29, 1.82) is 0 Å². The minimum atomic E-state index is -4.45. The first kappa shape index (κ1) is 15.8. The summed E-state index contributed by atoms with van der Waals surface area (Å²) in [4.78, 5) is 22.9. The number of halogens is 3. The summed E-state index contributed by atoms with van der Waals surface area (Å²) >= 11 is 0. The molecular weight excluding hydrogens is 299 g/mol. The topological polar surface area (TPSA) is 59.3 Å². The number of aromatic nitrogens is 1. The molecule has 0 saturated carbocycles. The lowest BCUT2D eigenvalue weighted by atomic mass is 10.1. The van der Waals surface area contributed by atoms with Gasteiger partial charge in [-0.25, -0.2) is 4.79 Å². The molecule has 0 atom stereocenters. The Kier molecular flexibility index (Phi) is 3.83. The van der Waals surface area contributed by atoms with Crippen LogP contribution in [0.1, 0.15) is 27.3 Å². The molecule has 0 radical (unpaired) electrons. The van der Waals surface area contributed by atoms with Gasteiger partial charge < -0.3 is 9.67 Å². The Hall–Kier alpha value is -2.57. The van der Waals surface area contributed by atoms with Crippen molar-refractivity contribution in [2.24, 2.45) is 0 Å². The molecule has 2 rings (SSSR count). The van der Waals surface area contributed by atoms with Crippen LogP contribution in [0.3, 0.4) is 0 Å². The van der Waals surface area contributed by atoms with Crippen LogP contribution in [0, 0.1) is 13.8 Å². The normalized spacial score (nSPS) is 11.5. The van der Waals surface area contributed by atoms with E-state index in [2.05, 4.69) is 0 Å². The Morgan fingerprint density at radius 2 is 1.68 bits per heavy atom. The quantitative estimate of drug-likeness (QED) is 0.926. The van der Waals surface area contributed by atoms with E-state index in [-0.39, 0.29) is 5.69 Å². The van der Waals surface area contributed by atoms with Crippen LogP contribution in [0.2, 0.25) is 0 Å². The average molecular weight is 311 g/mol. The van der Waals surface area contributed by atoms with E-state index in [0.717, 1.165) is 18.2 Å². The van der Waals surface area contributed by atoms with E-state index in [9.17, 15) is 22.8 Å². The van der Waals surface area contributed by atoms with Crippen molar-refractivity contribution in [2.75, 3.05) is 0 Å². The van der Waals surface area contributed by atoms with Crippen LogP contribution in [0.15, 0.2) is 35.1 Å². The van der Waals surface area contributed by atoms with Crippen LogP contribution in [-0.2, 0) is 6.18 Å². The van der Waals surface area contributed by atoms with Gasteiger partial charge in [0, 0.05) is 23.1 Å². The maximum atomic E-state index is 12.6. The SMILES string of the molecule is Cc1cc(=O)c(C(=O)O)c(C)n1-c1ccc(C(F)(F)F)cc1. The third kappa shape index (κ3) is 2.74. The largest absolute Gasteiger partial charge is 0.477 e. The van der Waals surface area contributed by atoms with Crippen LogP contribution in [0.5, 0.6) is 0 Å². The second-order valence-corrected chi connectivity index (χ2v) is 4.80. The number of carboxylic acid groups (broad SMARTS) is 1. The number of nitrogens with zero attached hydrogens (tertiary/aromatic N) is 1. The Morgan fingerprint density at radius 1 is 1.14 bits per heavy atom. The van der Waals surface area contributed by atoms with E-state index in [1.54, 1.807) is 6.92 Å². The summed E-state index contributed by atoms with van der Waals surface area (Å²) in [5.74, 6) is -1.37. The highest BCUT2D eigenvalue weighted by Crippen LogP contribution is 2.30. The Morgan fingerprint density at radius 3 is 2.14 bits per heavy atom. The number of benzene rings is 1. The predicted octanol–water partition coefficient (Wildman–Crippen LogP) is 3.17. The van der Waals surface area contributed by atoms with E-state index in [4.69, 9.17) is 5.11 Å². The fourth-order valence-electron chi connectivity index (χ4n) is 2.34. The summed E-state index contributed by atoms with van der Waals surface area (Å²) < 4.78 is 39.2. The lowest BCUT2D eigenvalue weighted by Crippen LogP contribution is -2.22. The molecule has 22 heavy (non-hydrogen) atoms. The van der Waals surface area contributed by atoms with Gasteiger partial charge in [0.25, 0.3) is 0 Å². The summed E-state index contributed by atoms with van der Waals surface area (Å²) in [6, 6.07) is 5.44. The number of aryl methyl sites for hydroxylation is 1. The smallest absolute Gasteiger partial charge is 0.416 e. The number of carbonyl (C=O) groups is 1. The summed E-state index contributed by atoms with van der Waals surface area (Å²) in [7, 11) is 0. The number of rotatable bonds is 2. The maximum absolute atomic E-state index is 12.6. The van der Waals surface area contributed by atoms with Crippen molar-refractivity contribution in [3.63, 3.8) is 0 Å². The van der Waals surface area contributed by atoms with E-state index in [0.29, 0.717) is 11.4 Å². The number of pyridine rings is 1. The van der Waals surface area contributed by atoms with Crippen LogP contribution >= 0.6 is 0 Å². The fourth-order valence-corrected chi connectivity index (χ4v) is 2.34. The van der Waals surface area contributed by atoms with Crippen LogP contribution in [0.4, 0.5) is 13.2 Å². The highest BCUT2D eigenvalue weighted by molar-refractivity contribution is 5.88. The molecule has 1 heterocycles. The first-order chi connectivity index (χ1) is 10.1. The van der Waals surface area contributed by atoms with Crippen molar-refractivity contribution in [3.05, 3.63) is 63.1 Å². The summed E-state index contributed by atoms with van der Waals surface area (Å²) in [6.07, 6.45) is -4.45. The van der Waals surface area contributed by atoms with Crippen LogP contribution < -0.4 is 5.43 Å². The molecule has 0 fully saturated rings. The van der Waals surface area contributed by atoms with Crippen molar-refractivity contribution in [3.8, 4) is 5.69 Å². The van der Waals surface area contributed by atoms with Crippen LogP contribution in [-0.4, -0.2) is 15.6 Å². The molecule has 0 unspecified atom stereocenters. The van der Waals surface area contributed by atoms with Gasteiger partial charge in [0.05, 0.1) is 5.56 Å². The van der Waals surface area contributed by atoms with Gasteiger partial charge in [-0.1, -0.05) is 0 Å². The monoisotopic (exact) mass is 311 g/mol. The zero-order valence-electron chi connectivity index (χ0n) is 11.7. The van der Waals surface area contributed by atoms with Crippen molar-refractivity contribution >= 4 is 5.97 Å². The molecule has 4 nitrogen and oxygen atoms in total. The van der Waals surface area contributed by atoms with E-state index < -0.39 is 28.7 Å². The molecule has 0 bridgehead atoms. The predicted molar refractivity (Wildman–Crippen MR) is 73.5 cm³/mol. The number of aromatic carboxylic acids is 1. The van der Waals surface area contributed by atoms with E-state index in [1.807, 2.05) is 0 Å². The van der Waals surface area contributed by atoms with E-state index >= 15 is 0 Å². The number of hydrogen-bond donors (Lipinski definition) is 1. The third-order valence-corrected chi connectivity index (χ3v) is 3.30. The zero-order valence-corrected chi connectivity index (χ0v) is 11.7. The Bertz CT molecular complexity index is 789. The number of carboxylic acids is 1. The number of alkyl halides is 3. The fraction of sp³-hybridized carbons (Fsp3) is 0.200. The molecular formula is C15H12F3NO3. The molecule has 1 aromatic carbocycles. The third-order valence-electron chi connectivity index (χ3n) is 3.30. The molecule has 1 N–H and O–H groups in total. The summed E-state index contributed by atoms with van der Waals surface area (Å²) in [5.41, 5.74) is -0.878. The minimum absolute atomic E-state index is 0.164. The summed E-state index contributed by atoms with van der Waals surface area (Å²) in [6.45, 7) is 3.02. The molecule has 0 aliphatic heterocycles. The second-order valence-electron chi connectivity index (χ2n) is 4.80. The second kappa shape index (κ2) is 5.32. The minimum Gasteiger partial charge on any atom is -0.477 e. The van der Waals surface area contributed by atoms with Crippen molar-refractivity contribution in [1.82, 2.24) is 4.57 Å². The van der Waals surface area contributed by atoms with Gasteiger partial charge in [-0.2, -0.15) is 13.2 Å². The van der Waals surface area contributed by atoms with Gasteiger partial charge in [-0.15, -0.1) is 0 Å². The first-order valence-electron chi connectivity index (χ1n) is 6.27. The van der Waals surface area contributed by atoms with Gasteiger partial charge in [0.15, 0.2) is 5.43 Å². The lowest BCUT2D eigenvalue weighted by molar-refractivity contribution is -0.137. The van der Waals surface area contributed by atoms with Gasteiger partial charge >= 0.3 is 12.1 Å². The molecule has 0 spiro atoms. The lowest BCUT2D eigenvalue weighted by Gasteiger charge is -2.17. The first-order valence-corrected chi connectivity index (χ1v) is 6.27. The van der Waals surface area contributed by atoms with Gasteiger partial charge in [-0.05, 0) is 38.1 Å². The molecule has 0 aliphatic carbocycles. The highest BCUT2D eigenvalue weighted by atomic mass is 19.4. The molecule has 2 aromatic rings. The van der Waals surface area contributed by atoms with Crippen molar-refractivity contribution in [2.45, 2.75) is 20.0 Å². The average Bonchev–Trinajstić information content (AvgIpc) is 2.37. The Balaban J connectivity index is 2.65. The van der Waals surface area contributed by atoms with Gasteiger partial charge in [0.1, 0.15) is 5.56 Å². The molecule has 0 saturated heterocycles. The zero-order chi connectivity index (χ0) is 16.7.